The molecule has 0 aromatic heterocycles. The maximum atomic E-state index is 12.3. The summed E-state index contributed by atoms with van der Waals surface area (Å²) in [7, 11) is 0. The standard InChI is InChI=1S/C26H41N3O/c1-4-17-28(18-11-10-16-25(30)29-19-12-13-20-29)24(6-3)26(27)23(5-2)21-22-14-8-7-9-15-22/h5,7-9,14-15,23-24,27H,2,4,6,10-13,16-21H2,1,3H3. The van der Waals surface area contributed by atoms with Crippen molar-refractivity contribution in [2.45, 2.75) is 71.3 Å². The molecule has 4 heteroatoms. The minimum Gasteiger partial charge on any atom is -0.343 e. The summed E-state index contributed by atoms with van der Waals surface area (Å²) in [6.07, 6.45) is 9.72. The molecule has 1 aliphatic heterocycles. The third-order valence-electron chi connectivity index (χ3n) is 6.22. The Hall–Kier alpha value is -1.94. The van der Waals surface area contributed by atoms with E-state index in [1.807, 2.05) is 17.0 Å². The Morgan fingerprint density at radius 1 is 1.17 bits per heavy atom. The molecule has 0 radical (unpaired) electrons. The minimum absolute atomic E-state index is 0.0634. The van der Waals surface area contributed by atoms with Crippen LogP contribution < -0.4 is 0 Å². The second kappa shape index (κ2) is 13.4. The number of likely N-dealkylation sites (tertiary alicyclic amines) is 1. The van der Waals surface area contributed by atoms with E-state index in [1.54, 1.807) is 0 Å². The molecule has 4 nitrogen and oxygen atoms in total. The van der Waals surface area contributed by atoms with Gasteiger partial charge in [0.2, 0.25) is 5.91 Å². The summed E-state index contributed by atoms with van der Waals surface area (Å²) < 4.78 is 0. The Balaban J connectivity index is 1.90. The van der Waals surface area contributed by atoms with E-state index in [4.69, 9.17) is 5.41 Å². The van der Waals surface area contributed by atoms with Crippen molar-refractivity contribution in [3.63, 3.8) is 0 Å². The van der Waals surface area contributed by atoms with Gasteiger partial charge in [0.05, 0.1) is 0 Å². The van der Waals surface area contributed by atoms with E-state index in [9.17, 15) is 4.79 Å². The number of rotatable bonds is 14. The summed E-state index contributed by atoms with van der Waals surface area (Å²) >= 11 is 0. The number of nitrogens with zero attached hydrogens (tertiary/aromatic N) is 2. The predicted molar refractivity (Wildman–Crippen MR) is 127 cm³/mol. The van der Waals surface area contributed by atoms with Gasteiger partial charge < -0.3 is 10.3 Å². The number of benzene rings is 1. The van der Waals surface area contributed by atoms with Crippen LogP contribution in [-0.2, 0) is 11.2 Å². The van der Waals surface area contributed by atoms with Crippen LogP contribution in [0.15, 0.2) is 43.0 Å². The average Bonchev–Trinajstić information content (AvgIpc) is 3.31. The molecule has 30 heavy (non-hydrogen) atoms. The van der Waals surface area contributed by atoms with Gasteiger partial charge in [-0.15, -0.1) is 6.58 Å². The summed E-state index contributed by atoms with van der Waals surface area (Å²) in [5.74, 6) is 0.386. The lowest BCUT2D eigenvalue weighted by Gasteiger charge is -2.33. The van der Waals surface area contributed by atoms with Gasteiger partial charge in [0, 0.05) is 37.2 Å². The van der Waals surface area contributed by atoms with E-state index >= 15 is 0 Å². The molecule has 0 spiro atoms. The molecule has 0 aliphatic carbocycles. The number of nitrogens with one attached hydrogen (secondary N) is 1. The fourth-order valence-electron chi connectivity index (χ4n) is 4.54. The molecule has 2 unspecified atom stereocenters. The number of unbranched alkanes of at least 4 members (excludes halogenated alkanes) is 1. The highest BCUT2D eigenvalue weighted by Crippen LogP contribution is 2.19. The van der Waals surface area contributed by atoms with Crippen LogP contribution >= 0.6 is 0 Å². The van der Waals surface area contributed by atoms with Gasteiger partial charge in [-0.2, -0.15) is 0 Å². The highest BCUT2D eigenvalue weighted by Gasteiger charge is 2.25. The first kappa shape index (κ1) is 24.3. The lowest BCUT2D eigenvalue weighted by molar-refractivity contribution is -0.130. The van der Waals surface area contributed by atoms with E-state index in [2.05, 4.69) is 49.6 Å². The van der Waals surface area contributed by atoms with Crippen molar-refractivity contribution in [2.75, 3.05) is 26.2 Å². The van der Waals surface area contributed by atoms with Crippen molar-refractivity contribution in [1.29, 1.82) is 5.41 Å². The third-order valence-corrected chi connectivity index (χ3v) is 6.22. The Bertz CT molecular complexity index is 652. The van der Waals surface area contributed by atoms with Gasteiger partial charge in [0.15, 0.2) is 0 Å². The molecule has 1 aliphatic rings. The Morgan fingerprint density at radius 2 is 1.87 bits per heavy atom. The fraction of sp³-hybridized carbons (Fsp3) is 0.615. The molecule has 2 atom stereocenters. The predicted octanol–water partition coefficient (Wildman–Crippen LogP) is 5.33. The summed E-state index contributed by atoms with van der Waals surface area (Å²) in [4.78, 5) is 16.8. The van der Waals surface area contributed by atoms with Gasteiger partial charge in [-0.1, -0.05) is 50.3 Å². The molecule has 1 N–H and O–H groups in total. The Morgan fingerprint density at radius 3 is 2.47 bits per heavy atom. The van der Waals surface area contributed by atoms with E-state index in [0.717, 1.165) is 76.8 Å². The zero-order chi connectivity index (χ0) is 21.8. The first-order chi connectivity index (χ1) is 14.6. The lowest BCUT2D eigenvalue weighted by atomic mass is 9.89. The highest BCUT2D eigenvalue weighted by atomic mass is 16.2. The fourth-order valence-corrected chi connectivity index (χ4v) is 4.54. The van der Waals surface area contributed by atoms with Gasteiger partial charge in [0.25, 0.3) is 0 Å². The van der Waals surface area contributed by atoms with Crippen LogP contribution in [-0.4, -0.2) is 53.6 Å². The largest absolute Gasteiger partial charge is 0.343 e. The number of carbonyl (C=O) groups is 1. The van der Waals surface area contributed by atoms with Crippen LogP contribution in [0.4, 0.5) is 0 Å². The molecule has 1 saturated heterocycles. The molecule has 1 heterocycles. The third kappa shape index (κ3) is 7.39. The summed E-state index contributed by atoms with van der Waals surface area (Å²) in [5, 5.41) is 8.95. The van der Waals surface area contributed by atoms with Gasteiger partial charge in [-0.25, -0.2) is 0 Å². The molecule has 1 fully saturated rings. The first-order valence-corrected chi connectivity index (χ1v) is 11.9. The Kier molecular flexibility index (Phi) is 10.9. The van der Waals surface area contributed by atoms with Gasteiger partial charge in [0.1, 0.15) is 0 Å². The monoisotopic (exact) mass is 411 g/mol. The molecule has 1 aromatic rings. The zero-order valence-electron chi connectivity index (χ0n) is 19.1. The van der Waals surface area contributed by atoms with E-state index in [1.165, 1.54) is 5.56 Å². The molecule has 2 rings (SSSR count). The molecule has 0 saturated carbocycles. The second-order valence-corrected chi connectivity index (χ2v) is 8.49. The topological polar surface area (TPSA) is 47.4 Å². The molecule has 1 aromatic carbocycles. The van der Waals surface area contributed by atoms with Crippen molar-refractivity contribution in [3.8, 4) is 0 Å². The van der Waals surface area contributed by atoms with Crippen LogP contribution in [0.1, 0.15) is 64.4 Å². The number of amides is 1. The zero-order valence-corrected chi connectivity index (χ0v) is 19.1. The summed E-state index contributed by atoms with van der Waals surface area (Å²) in [6, 6.07) is 10.6. The van der Waals surface area contributed by atoms with Crippen molar-refractivity contribution in [2.24, 2.45) is 5.92 Å². The second-order valence-electron chi connectivity index (χ2n) is 8.49. The maximum absolute atomic E-state index is 12.3. The quantitative estimate of drug-likeness (QED) is 0.255. The van der Waals surface area contributed by atoms with Crippen LogP contribution in [0.5, 0.6) is 0 Å². The van der Waals surface area contributed by atoms with E-state index in [-0.39, 0.29) is 12.0 Å². The van der Waals surface area contributed by atoms with Gasteiger partial charge in [-0.3, -0.25) is 9.69 Å². The maximum Gasteiger partial charge on any atom is 0.222 e. The molecule has 166 valence electrons. The normalized spacial score (nSPS) is 15.9. The van der Waals surface area contributed by atoms with Gasteiger partial charge in [-0.05, 0) is 63.6 Å². The number of allylic oxidation sites excluding steroid dienone is 1. The van der Waals surface area contributed by atoms with Crippen molar-refractivity contribution in [1.82, 2.24) is 9.80 Å². The SMILES string of the molecule is C=CC(Cc1ccccc1)C(=N)C(CC)N(CCC)CCCCC(=O)N1CCCC1. The van der Waals surface area contributed by atoms with Crippen molar-refractivity contribution >= 4 is 11.6 Å². The number of hydrogen-bond acceptors (Lipinski definition) is 3. The number of carbonyl (C=O) groups excluding carboxylic acids is 1. The van der Waals surface area contributed by atoms with Crippen LogP contribution in [0.25, 0.3) is 0 Å². The Labute approximate surface area is 183 Å². The molecular formula is C26H41N3O. The molecule has 0 bridgehead atoms. The van der Waals surface area contributed by atoms with Crippen molar-refractivity contribution in [3.05, 3.63) is 48.6 Å². The van der Waals surface area contributed by atoms with Crippen LogP contribution in [0, 0.1) is 11.3 Å². The minimum atomic E-state index is 0.0634. The van der Waals surface area contributed by atoms with Crippen LogP contribution in [0.3, 0.4) is 0 Å². The van der Waals surface area contributed by atoms with Crippen LogP contribution in [0.2, 0.25) is 0 Å². The highest BCUT2D eigenvalue weighted by molar-refractivity contribution is 5.90. The summed E-state index contributed by atoms with van der Waals surface area (Å²) in [6.45, 7) is 12.3. The first-order valence-electron chi connectivity index (χ1n) is 11.9. The summed E-state index contributed by atoms with van der Waals surface area (Å²) in [5.41, 5.74) is 2.03. The van der Waals surface area contributed by atoms with E-state index in [0.29, 0.717) is 12.3 Å². The molecule has 1 amide bonds. The molecular weight excluding hydrogens is 370 g/mol. The number of hydrogen-bond donors (Lipinski definition) is 1. The smallest absolute Gasteiger partial charge is 0.222 e. The average molecular weight is 412 g/mol. The van der Waals surface area contributed by atoms with Gasteiger partial charge >= 0.3 is 0 Å². The van der Waals surface area contributed by atoms with Crippen molar-refractivity contribution < 1.29 is 4.79 Å². The van der Waals surface area contributed by atoms with E-state index < -0.39 is 0 Å². The lowest BCUT2D eigenvalue weighted by Crippen LogP contribution is -2.44.